The molecule has 0 fully saturated rings. The van der Waals surface area contributed by atoms with Crippen molar-refractivity contribution in [3.05, 3.63) is 34.4 Å². The average Bonchev–Trinajstić information content (AvgIpc) is 2.68. The number of halogens is 2. The van der Waals surface area contributed by atoms with E-state index in [0.717, 1.165) is 22.1 Å². The Balaban J connectivity index is 0.00000144. The van der Waals surface area contributed by atoms with Gasteiger partial charge in [-0.15, -0.1) is 12.4 Å². The third kappa shape index (κ3) is 3.47. The van der Waals surface area contributed by atoms with Crippen molar-refractivity contribution >= 4 is 39.2 Å². The second-order valence-electron chi connectivity index (χ2n) is 4.20. The van der Waals surface area contributed by atoms with Crippen molar-refractivity contribution in [2.45, 2.75) is 32.2 Å². The van der Waals surface area contributed by atoms with E-state index in [0.29, 0.717) is 0 Å². The summed E-state index contributed by atoms with van der Waals surface area (Å²) in [5.74, 6) is 0. The van der Waals surface area contributed by atoms with Crippen molar-refractivity contribution in [1.29, 1.82) is 0 Å². The van der Waals surface area contributed by atoms with E-state index in [1.54, 1.807) is 0 Å². The summed E-state index contributed by atoms with van der Waals surface area (Å²) in [7, 11) is 0. The second-order valence-corrected chi connectivity index (χ2v) is 5.12. The molecule has 0 spiro atoms. The van der Waals surface area contributed by atoms with E-state index in [1.165, 1.54) is 18.2 Å². The van der Waals surface area contributed by atoms with Crippen LogP contribution in [-0.4, -0.2) is 4.98 Å². The first-order chi connectivity index (χ1) is 7.70. The predicted octanol–water partition coefficient (Wildman–Crippen LogP) is 4.54. The molecule has 0 amide bonds. The average molecular weight is 318 g/mol. The van der Waals surface area contributed by atoms with Crippen molar-refractivity contribution in [2.75, 3.05) is 0 Å². The number of benzene rings is 1. The van der Waals surface area contributed by atoms with Gasteiger partial charge in [-0.2, -0.15) is 0 Å². The number of rotatable bonds is 4. The first-order valence-electron chi connectivity index (χ1n) is 5.74. The lowest BCUT2D eigenvalue weighted by atomic mass is 10.1. The van der Waals surface area contributed by atoms with Crippen LogP contribution in [0.15, 0.2) is 28.7 Å². The van der Waals surface area contributed by atoms with Crippen LogP contribution in [0.5, 0.6) is 0 Å². The molecule has 0 saturated carbocycles. The van der Waals surface area contributed by atoms with E-state index in [2.05, 4.69) is 46.0 Å². The van der Waals surface area contributed by atoms with Crippen LogP contribution in [0, 0.1) is 0 Å². The molecule has 0 radical (unpaired) electrons. The Morgan fingerprint density at radius 1 is 1.35 bits per heavy atom. The van der Waals surface area contributed by atoms with Crippen LogP contribution < -0.4 is 5.73 Å². The van der Waals surface area contributed by atoms with Crippen molar-refractivity contribution in [2.24, 2.45) is 5.73 Å². The van der Waals surface area contributed by atoms with Gasteiger partial charge in [0.2, 0.25) is 0 Å². The molecule has 1 aromatic carbocycles. The third-order valence-corrected chi connectivity index (χ3v) is 3.37. The summed E-state index contributed by atoms with van der Waals surface area (Å²) in [6.45, 7) is 2.19. The molecule has 2 rings (SSSR count). The maximum atomic E-state index is 6.14. The normalized spacial score (nSPS) is 12.4. The van der Waals surface area contributed by atoms with Crippen LogP contribution in [-0.2, 0) is 0 Å². The zero-order valence-electron chi connectivity index (χ0n) is 9.87. The van der Waals surface area contributed by atoms with Gasteiger partial charge in [-0.3, -0.25) is 0 Å². The molecule has 17 heavy (non-hydrogen) atoms. The molecule has 1 atom stereocenters. The van der Waals surface area contributed by atoms with E-state index in [4.69, 9.17) is 5.73 Å². The SMILES string of the molecule is CCCCC(N)c1cc2cc(Br)ccc2[nH]1.Cl. The molecule has 2 aromatic rings. The Kier molecular flexibility index (Phi) is 5.50. The Labute approximate surface area is 117 Å². The minimum atomic E-state index is 0. The third-order valence-electron chi connectivity index (χ3n) is 2.87. The number of unbranched alkanes of at least 4 members (excludes halogenated alkanes) is 1. The van der Waals surface area contributed by atoms with Crippen molar-refractivity contribution in [3.63, 3.8) is 0 Å². The molecular formula is C13H18BrClN2. The van der Waals surface area contributed by atoms with Gasteiger partial charge in [-0.05, 0) is 30.7 Å². The number of nitrogens with one attached hydrogen (secondary N) is 1. The molecule has 0 bridgehead atoms. The first kappa shape index (κ1) is 14.6. The maximum absolute atomic E-state index is 6.14. The number of fused-ring (bicyclic) bond motifs is 1. The summed E-state index contributed by atoms with van der Waals surface area (Å²) in [6, 6.07) is 8.52. The number of hydrogen-bond donors (Lipinski definition) is 2. The number of nitrogens with two attached hydrogens (primary N) is 1. The van der Waals surface area contributed by atoms with Crippen LogP contribution in [0.1, 0.15) is 37.9 Å². The van der Waals surface area contributed by atoms with Crippen LogP contribution >= 0.6 is 28.3 Å². The van der Waals surface area contributed by atoms with Gasteiger partial charge in [0.05, 0.1) is 0 Å². The quantitative estimate of drug-likeness (QED) is 0.854. The van der Waals surface area contributed by atoms with Gasteiger partial charge in [-0.25, -0.2) is 0 Å². The first-order valence-corrected chi connectivity index (χ1v) is 6.53. The molecule has 0 aliphatic rings. The van der Waals surface area contributed by atoms with Crippen LogP contribution in [0.2, 0.25) is 0 Å². The smallest absolute Gasteiger partial charge is 0.0457 e. The summed E-state index contributed by atoms with van der Waals surface area (Å²) >= 11 is 3.48. The topological polar surface area (TPSA) is 41.8 Å². The van der Waals surface area contributed by atoms with Crippen molar-refractivity contribution in [3.8, 4) is 0 Å². The summed E-state index contributed by atoms with van der Waals surface area (Å²) in [6.07, 6.45) is 3.42. The van der Waals surface area contributed by atoms with Gasteiger partial charge in [0.25, 0.3) is 0 Å². The lowest BCUT2D eigenvalue weighted by molar-refractivity contribution is 0.594. The van der Waals surface area contributed by atoms with Crippen LogP contribution in [0.3, 0.4) is 0 Å². The van der Waals surface area contributed by atoms with Crippen molar-refractivity contribution < 1.29 is 0 Å². The fourth-order valence-electron chi connectivity index (χ4n) is 1.91. The largest absolute Gasteiger partial charge is 0.357 e. The Bertz CT molecular complexity index is 481. The fourth-order valence-corrected chi connectivity index (χ4v) is 2.28. The van der Waals surface area contributed by atoms with Gasteiger partial charge in [0, 0.05) is 27.1 Å². The predicted molar refractivity (Wildman–Crippen MR) is 79.7 cm³/mol. The van der Waals surface area contributed by atoms with Gasteiger partial charge < -0.3 is 10.7 Å². The van der Waals surface area contributed by atoms with E-state index in [-0.39, 0.29) is 18.4 Å². The zero-order chi connectivity index (χ0) is 11.5. The van der Waals surface area contributed by atoms with Crippen LogP contribution in [0.4, 0.5) is 0 Å². The molecule has 94 valence electrons. The number of aromatic amines is 1. The molecule has 4 heteroatoms. The Morgan fingerprint density at radius 3 is 2.82 bits per heavy atom. The highest BCUT2D eigenvalue weighted by atomic mass is 79.9. The molecule has 1 unspecified atom stereocenters. The maximum Gasteiger partial charge on any atom is 0.0457 e. The molecule has 1 aromatic heterocycles. The highest BCUT2D eigenvalue weighted by Gasteiger charge is 2.08. The zero-order valence-corrected chi connectivity index (χ0v) is 12.3. The standard InChI is InChI=1S/C13H17BrN2.ClH/c1-2-3-4-11(15)13-8-9-7-10(14)5-6-12(9)16-13;/h5-8,11,16H,2-4,15H2,1H3;1H. The van der Waals surface area contributed by atoms with E-state index >= 15 is 0 Å². The molecule has 0 aliphatic heterocycles. The summed E-state index contributed by atoms with van der Waals surface area (Å²) < 4.78 is 1.10. The molecule has 0 saturated heterocycles. The summed E-state index contributed by atoms with van der Waals surface area (Å²) in [4.78, 5) is 3.39. The van der Waals surface area contributed by atoms with E-state index in [1.807, 2.05) is 6.07 Å². The molecule has 1 heterocycles. The highest BCUT2D eigenvalue weighted by molar-refractivity contribution is 9.10. The van der Waals surface area contributed by atoms with E-state index < -0.39 is 0 Å². The number of hydrogen-bond acceptors (Lipinski definition) is 1. The fraction of sp³-hybridized carbons (Fsp3) is 0.385. The second kappa shape index (κ2) is 6.43. The number of H-pyrrole nitrogens is 1. The minimum absolute atomic E-state index is 0. The van der Waals surface area contributed by atoms with Crippen molar-refractivity contribution in [1.82, 2.24) is 4.98 Å². The lowest BCUT2D eigenvalue weighted by Crippen LogP contribution is -2.10. The van der Waals surface area contributed by atoms with Gasteiger partial charge >= 0.3 is 0 Å². The Hall–Kier alpha value is -0.510. The van der Waals surface area contributed by atoms with Crippen LogP contribution in [0.25, 0.3) is 10.9 Å². The molecule has 0 aliphatic carbocycles. The van der Waals surface area contributed by atoms with E-state index in [9.17, 15) is 0 Å². The minimum Gasteiger partial charge on any atom is -0.357 e. The Morgan fingerprint density at radius 2 is 2.12 bits per heavy atom. The lowest BCUT2D eigenvalue weighted by Gasteiger charge is -2.07. The van der Waals surface area contributed by atoms with Gasteiger partial charge in [0.15, 0.2) is 0 Å². The van der Waals surface area contributed by atoms with Gasteiger partial charge in [-0.1, -0.05) is 35.7 Å². The number of aromatic nitrogens is 1. The summed E-state index contributed by atoms with van der Waals surface area (Å²) in [5, 5.41) is 1.22. The summed E-state index contributed by atoms with van der Waals surface area (Å²) in [5.41, 5.74) is 8.44. The molecule has 3 N–H and O–H groups in total. The molecular weight excluding hydrogens is 300 g/mol. The molecule has 2 nitrogen and oxygen atoms in total. The van der Waals surface area contributed by atoms with Gasteiger partial charge in [0.1, 0.15) is 0 Å². The highest BCUT2D eigenvalue weighted by Crippen LogP contribution is 2.24. The monoisotopic (exact) mass is 316 g/mol.